The van der Waals surface area contributed by atoms with E-state index in [1.165, 1.54) is 4.90 Å². The maximum absolute atomic E-state index is 12.1. The Kier molecular flexibility index (Phi) is 5.88. The molecule has 7 heteroatoms. The summed E-state index contributed by atoms with van der Waals surface area (Å²) in [7, 11) is -1.53. The summed E-state index contributed by atoms with van der Waals surface area (Å²) in [4.78, 5) is 13.5. The van der Waals surface area contributed by atoms with Crippen LogP contribution in [0.1, 0.15) is 17.5 Å². The second-order valence-electron chi connectivity index (χ2n) is 5.03. The number of nitrogens with zero attached hydrogens (tertiary/aromatic N) is 2. The van der Waals surface area contributed by atoms with Gasteiger partial charge in [0.1, 0.15) is 9.84 Å². The number of nitriles is 1. The van der Waals surface area contributed by atoms with Crippen LogP contribution in [0.3, 0.4) is 0 Å². The molecule has 0 fully saturated rings. The summed E-state index contributed by atoms with van der Waals surface area (Å²) in [5.41, 5.74) is 7.07. The first-order valence-electron chi connectivity index (χ1n) is 6.40. The lowest BCUT2D eigenvalue weighted by atomic mass is 10.1. The Morgan fingerprint density at radius 3 is 2.71 bits per heavy atom. The number of sulfone groups is 1. The smallest absolute Gasteiger partial charge is 0.239 e. The van der Waals surface area contributed by atoms with E-state index in [0.29, 0.717) is 12.1 Å². The number of likely N-dealkylation sites (N-methyl/N-ethyl adjacent to an activating group) is 1. The van der Waals surface area contributed by atoms with Crippen LogP contribution in [0.15, 0.2) is 24.3 Å². The van der Waals surface area contributed by atoms with Crippen LogP contribution in [0.25, 0.3) is 0 Å². The van der Waals surface area contributed by atoms with Crippen molar-refractivity contribution in [3.63, 3.8) is 0 Å². The molecule has 1 aromatic carbocycles. The van der Waals surface area contributed by atoms with E-state index in [2.05, 4.69) is 0 Å². The molecule has 0 aromatic heterocycles. The average Bonchev–Trinajstić information content (AvgIpc) is 2.43. The number of hydrogen-bond donors (Lipinski definition) is 1. The van der Waals surface area contributed by atoms with Crippen molar-refractivity contribution in [3.8, 4) is 6.07 Å². The van der Waals surface area contributed by atoms with Crippen molar-refractivity contribution in [2.24, 2.45) is 5.73 Å². The summed E-state index contributed by atoms with van der Waals surface area (Å²) in [5, 5.41) is 8.83. The van der Waals surface area contributed by atoms with Gasteiger partial charge in [-0.2, -0.15) is 5.26 Å². The van der Waals surface area contributed by atoms with Gasteiger partial charge in [-0.3, -0.25) is 4.79 Å². The average molecular weight is 309 g/mol. The molecule has 1 aromatic rings. The SMILES string of the molecule is CN(Cc1cccc(C#N)c1)C(=O)C(N)CCS(C)(=O)=O. The van der Waals surface area contributed by atoms with Crippen LogP contribution in [0.5, 0.6) is 0 Å². The molecule has 1 atom stereocenters. The zero-order valence-corrected chi connectivity index (χ0v) is 12.9. The molecule has 6 nitrogen and oxygen atoms in total. The summed E-state index contributed by atoms with van der Waals surface area (Å²) < 4.78 is 22.2. The van der Waals surface area contributed by atoms with E-state index in [0.717, 1.165) is 11.8 Å². The van der Waals surface area contributed by atoms with Gasteiger partial charge in [-0.25, -0.2) is 8.42 Å². The number of amides is 1. The van der Waals surface area contributed by atoms with Gasteiger partial charge in [0.15, 0.2) is 0 Å². The van der Waals surface area contributed by atoms with Crippen molar-refractivity contribution < 1.29 is 13.2 Å². The Bertz CT molecular complexity index is 650. The zero-order chi connectivity index (χ0) is 16.0. The van der Waals surface area contributed by atoms with Crippen LogP contribution in [-0.4, -0.2) is 44.3 Å². The van der Waals surface area contributed by atoms with E-state index in [1.54, 1.807) is 25.2 Å². The molecule has 21 heavy (non-hydrogen) atoms. The molecule has 0 aliphatic rings. The predicted molar refractivity (Wildman–Crippen MR) is 79.9 cm³/mol. The molecule has 0 spiro atoms. The van der Waals surface area contributed by atoms with Crippen LogP contribution in [0, 0.1) is 11.3 Å². The fourth-order valence-corrected chi connectivity index (χ4v) is 2.52. The van der Waals surface area contributed by atoms with Crippen molar-refractivity contribution in [2.45, 2.75) is 19.0 Å². The normalized spacial score (nSPS) is 12.5. The molecule has 0 aliphatic heterocycles. The van der Waals surface area contributed by atoms with Crippen molar-refractivity contribution >= 4 is 15.7 Å². The van der Waals surface area contributed by atoms with Crippen molar-refractivity contribution in [1.29, 1.82) is 5.26 Å². The first-order chi connectivity index (χ1) is 9.73. The van der Waals surface area contributed by atoms with Gasteiger partial charge >= 0.3 is 0 Å². The Morgan fingerprint density at radius 2 is 2.14 bits per heavy atom. The van der Waals surface area contributed by atoms with E-state index < -0.39 is 15.9 Å². The summed E-state index contributed by atoms with van der Waals surface area (Å²) in [6, 6.07) is 8.13. The lowest BCUT2D eigenvalue weighted by Crippen LogP contribution is -2.42. The Morgan fingerprint density at radius 1 is 1.48 bits per heavy atom. The van der Waals surface area contributed by atoms with Crippen LogP contribution in [-0.2, 0) is 21.2 Å². The molecular formula is C14H19N3O3S. The topological polar surface area (TPSA) is 104 Å². The fourth-order valence-electron chi connectivity index (χ4n) is 1.84. The number of carbonyl (C=O) groups is 1. The van der Waals surface area contributed by atoms with Gasteiger partial charge < -0.3 is 10.6 Å². The van der Waals surface area contributed by atoms with Gasteiger partial charge in [-0.05, 0) is 24.1 Å². The second-order valence-corrected chi connectivity index (χ2v) is 7.29. The van der Waals surface area contributed by atoms with Gasteiger partial charge in [0.05, 0.1) is 23.4 Å². The standard InChI is InChI=1S/C14H19N3O3S/c1-17(10-12-5-3-4-11(8-12)9-15)14(18)13(16)6-7-21(2,19)20/h3-5,8,13H,6-7,10,16H2,1-2H3. The maximum Gasteiger partial charge on any atom is 0.239 e. The lowest BCUT2D eigenvalue weighted by molar-refractivity contribution is -0.131. The van der Waals surface area contributed by atoms with Crippen molar-refractivity contribution in [2.75, 3.05) is 19.1 Å². The number of hydrogen-bond acceptors (Lipinski definition) is 5. The number of carbonyl (C=O) groups excluding carboxylic acids is 1. The number of benzene rings is 1. The van der Waals surface area contributed by atoms with E-state index >= 15 is 0 Å². The van der Waals surface area contributed by atoms with Crippen molar-refractivity contribution in [3.05, 3.63) is 35.4 Å². The molecule has 0 radical (unpaired) electrons. The Labute approximate surface area is 125 Å². The molecule has 1 unspecified atom stereocenters. The third kappa shape index (κ3) is 5.94. The fraction of sp³-hybridized carbons (Fsp3) is 0.429. The molecule has 0 saturated carbocycles. The molecule has 1 rings (SSSR count). The Hall–Kier alpha value is -1.91. The maximum atomic E-state index is 12.1. The van der Waals surface area contributed by atoms with Gasteiger partial charge in [0.2, 0.25) is 5.91 Å². The molecule has 0 saturated heterocycles. The third-order valence-corrected chi connectivity index (χ3v) is 3.95. The summed E-state index contributed by atoms with van der Waals surface area (Å²) in [6.45, 7) is 0.320. The molecule has 2 N–H and O–H groups in total. The van der Waals surface area contributed by atoms with Gasteiger partial charge in [0, 0.05) is 19.8 Å². The molecule has 114 valence electrons. The van der Waals surface area contributed by atoms with E-state index in [1.807, 2.05) is 12.1 Å². The molecule has 0 bridgehead atoms. The van der Waals surface area contributed by atoms with E-state index in [9.17, 15) is 13.2 Å². The molecule has 0 heterocycles. The third-order valence-electron chi connectivity index (χ3n) is 2.97. The van der Waals surface area contributed by atoms with E-state index in [-0.39, 0.29) is 18.1 Å². The molecular weight excluding hydrogens is 290 g/mol. The molecule has 1 amide bonds. The first kappa shape index (κ1) is 17.1. The summed E-state index contributed by atoms with van der Waals surface area (Å²) >= 11 is 0. The van der Waals surface area contributed by atoms with Crippen LogP contribution < -0.4 is 5.73 Å². The highest BCUT2D eigenvalue weighted by Gasteiger charge is 2.19. The van der Waals surface area contributed by atoms with Crippen LogP contribution in [0.4, 0.5) is 0 Å². The Balaban J connectivity index is 2.63. The van der Waals surface area contributed by atoms with Crippen molar-refractivity contribution in [1.82, 2.24) is 4.90 Å². The van der Waals surface area contributed by atoms with E-state index in [4.69, 9.17) is 11.0 Å². The van der Waals surface area contributed by atoms with Crippen LogP contribution in [0.2, 0.25) is 0 Å². The van der Waals surface area contributed by atoms with Crippen LogP contribution >= 0.6 is 0 Å². The monoisotopic (exact) mass is 309 g/mol. The van der Waals surface area contributed by atoms with Gasteiger partial charge in [-0.1, -0.05) is 12.1 Å². The van der Waals surface area contributed by atoms with Gasteiger partial charge in [0.25, 0.3) is 0 Å². The molecule has 0 aliphatic carbocycles. The summed E-state index contributed by atoms with van der Waals surface area (Å²) in [5.74, 6) is -0.432. The highest BCUT2D eigenvalue weighted by atomic mass is 32.2. The predicted octanol–water partition coefficient (Wildman–Crippen LogP) is 0.279. The zero-order valence-electron chi connectivity index (χ0n) is 12.1. The quantitative estimate of drug-likeness (QED) is 0.812. The highest BCUT2D eigenvalue weighted by Crippen LogP contribution is 2.08. The number of rotatable bonds is 6. The minimum absolute atomic E-state index is 0.0975. The second kappa shape index (κ2) is 7.20. The summed E-state index contributed by atoms with van der Waals surface area (Å²) in [6.07, 6.45) is 1.21. The minimum Gasteiger partial charge on any atom is -0.340 e. The first-order valence-corrected chi connectivity index (χ1v) is 8.46. The minimum atomic E-state index is -3.13. The number of nitrogens with two attached hydrogens (primary N) is 1. The lowest BCUT2D eigenvalue weighted by Gasteiger charge is -2.21. The van der Waals surface area contributed by atoms with Gasteiger partial charge in [-0.15, -0.1) is 0 Å². The largest absolute Gasteiger partial charge is 0.340 e. The highest BCUT2D eigenvalue weighted by molar-refractivity contribution is 7.90.